The topological polar surface area (TPSA) is 33.1 Å². The third-order valence-corrected chi connectivity index (χ3v) is 3.51. The van der Waals surface area contributed by atoms with E-state index in [-0.39, 0.29) is 6.04 Å². The first-order valence-corrected chi connectivity index (χ1v) is 7.13. The van der Waals surface area contributed by atoms with E-state index in [9.17, 15) is 0 Å². The van der Waals surface area contributed by atoms with Gasteiger partial charge in [0.1, 0.15) is 0 Å². The molecule has 0 fully saturated rings. The zero-order chi connectivity index (χ0) is 14.5. The molecule has 0 aliphatic heterocycles. The van der Waals surface area contributed by atoms with Gasteiger partial charge in [-0.3, -0.25) is 4.68 Å². The van der Waals surface area contributed by atoms with Gasteiger partial charge < -0.3 is 10.2 Å². The van der Waals surface area contributed by atoms with E-state index in [1.165, 1.54) is 16.9 Å². The number of anilines is 1. The van der Waals surface area contributed by atoms with E-state index >= 15 is 0 Å². The summed E-state index contributed by atoms with van der Waals surface area (Å²) in [4.78, 5) is 2.11. The molecule has 1 aromatic carbocycles. The van der Waals surface area contributed by atoms with Gasteiger partial charge in [-0.1, -0.05) is 19.1 Å². The molecular formula is C16H24N4. The van der Waals surface area contributed by atoms with Crippen LogP contribution in [0, 0.1) is 0 Å². The fourth-order valence-electron chi connectivity index (χ4n) is 2.44. The third-order valence-electron chi connectivity index (χ3n) is 3.51. The molecule has 4 heteroatoms. The van der Waals surface area contributed by atoms with Crippen LogP contribution >= 0.6 is 0 Å². The van der Waals surface area contributed by atoms with Gasteiger partial charge in [-0.2, -0.15) is 5.10 Å². The lowest BCUT2D eigenvalue weighted by Crippen LogP contribution is -2.21. The van der Waals surface area contributed by atoms with Crippen LogP contribution in [0.5, 0.6) is 0 Å². The minimum atomic E-state index is 0.181. The highest BCUT2D eigenvalue weighted by Crippen LogP contribution is 2.23. The molecule has 1 N–H and O–H groups in total. The molecule has 1 atom stereocenters. The summed E-state index contributed by atoms with van der Waals surface area (Å²) in [5, 5.41) is 7.81. The lowest BCUT2D eigenvalue weighted by atomic mass is 10.0. The number of nitrogens with one attached hydrogen (secondary N) is 1. The van der Waals surface area contributed by atoms with E-state index in [2.05, 4.69) is 71.3 Å². The fourth-order valence-corrected chi connectivity index (χ4v) is 2.44. The SMILES string of the molecule is CCCn1nccc1C(NC)c1ccc(N(C)C)cc1. The zero-order valence-electron chi connectivity index (χ0n) is 12.8. The summed E-state index contributed by atoms with van der Waals surface area (Å²) in [6.45, 7) is 3.13. The molecule has 108 valence electrons. The average molecular weight is 272 g/mol. The van der Waals surface area contributed by atoms with Gasteiger partial charge in [0.2, 0.25) is 0 Å². The van der Waals surface area contributed by atoms with E-state index in [4.69, 9.17) is 0 Å². The van der Waals surface area contributed by atoms with Gasteiger partial charge in [0.15, 0.2) is 0 Å². The van der Waals surface area contributed by atoms with Gasteiger partial charge in [-0.25, -0.2) is 0 Å². The number of benzene rings is 1. The first kappa shape index (κ1) is 14.6. The third kappa shape index (κ3) is 3.02. The predicted molar refractivity (Wildman–Crippen MR) is 84.2 cm³/mol. The minimum absolute atomic E-state index is 0.181. The number of aryl methyl sites for hydroxylation is 1. The Kier molecular flexibility index (Phi) is 4.79. The summed E-state index contributed by atoms with van der Waals surface area (Å²) in [5.74, 6) is 0. The van der Waals surface area contributed by atoms with Crippen LogP contribution in [0.25, 0.3) is 0 Å². The van der Waals surface area contributed by atoms with Crippen LogP contribution in [-0.4, -0.2) is 30.9 Å². The standard InChI is InChI=1S/C16H24N4/c1-5-12-20-15(10-11-18-20)16(17-2)13-6-8-14(9-7-13)19(3)4/h6-11,16-17H,5,12H2,1-4H3. The van der Waals surface area contributed by atoms with E-state index < -0.39 is 0 Å². The maximum Gasteiger partial charge on any atom is 0.0745 e. The molecule has 0 saturated heterocycles. The van der Waals surface area contributed by atoms with Gasteiger partial charge in [-0.05, 0) is 37.2 Å². The second-order valence-electron chi connectivity index (χ2n) is 5.19. The van der Waals surface area contributed by atoms with Crippen LogP contribution in [0.2, 0.25) is 0 Å². The number of hydrogen-bond donors (Lipinski definition) is 1. The first-order chi connectivity index (χ1) is 9.67. The first-order valence-electron chi connectivity index (χ1n) is 7.13. The monoisotopic (exact) mass is 272 g/mol. The molecule has 2 aromatic rings. The van der Waals surface area contributed by atoms with Gasteiger partial charge in [-0.15, -0.1) is 0 Å². The van der Waals surface area contributed by atoms with Crippen LogP contribution in [0.1, 0.15) is 30.6 Å². The van der Waals surface area contributed by atoms with Crippen LogP contribution in [0.3, 0.4) is 0 Å². The molecule has 0 saturated carbocycles. The van der Waals surface area contributed by atoms with Crippen LogP contribution < -0.4 is 10.2 Å². The van der Waals surface area contributed by atoms with Crippen molar-refractivity contribution in [1.29, 1.82) is 0 Å². The molecule has 0 aliphatic rings. The molecule has 1 heterocycles. The minimum Gasteiger partial charge on any atom is -0.378 e. The van der Waals surface area contributed by atoms with Gasteiger partial charge in [0, 0.05) is 32.5 Å². The molecule has 0 amide bonds. The smallest absolute Gasteiger partial charge is 0.0745 e. The van der Waals surface area contributed by atoms with E-state index in [1.807, 2.05) is 13.2 Å². The Morgan fingerprint density at radius 3 is 2.45 bits per heavy atom. The van der Waals surface area contributed by atoms with Crippen molar-refractivity contribution in [3.05, 3.63) is 47.8 Å². The molecule has 1 unspecified atom stereocenters. The highest BCUT2D eigenvalue weighted by Gasteiger charge is 2.16. The predicted octanol–water partition coefficient (Wildman–Crippen LogP) is 2.67. The van der Waals surface area contributed by atoms with Crippen molar-refractivity contribution in [2.75, 3.05) is 26.0 Å². The molecule has 0 radical (unpaired) electrons. The fraction of sp³-hybridized carbons (Fsp3) is 0.438. The molecular weight excluding hydrogens is 248 g/mol. The highest BCUT2D eigenvalue weighted by atomic mass is 15.3. The van der Waals surface area contributed by atoms with Crippen molar-refractivity contribution in [2.45, 2.75) is 25.9 Å². The molecule has 4 nitrogen and oxygen atoms in total. The van der Waals surface area contributed by atoms with Crippen molar-refractivity contribution in [1.82, 2.24) is 15.1 Å². The van der Waals surface area contributed by atoms with Crippen molar-refractivity contribution in [3.63, 3.8) is 0 Å². The number of aromatic nitrogens is 2. The average Bonchev–Trinajstić information content (AvgIpc) is 2.89. The molecule has 0 bridgehead atoms. The maximum absolute atomic E-state index is 4.41. The van der Waals surface area contributed by atoms with E-state index in [1.54, 1.807) is 0 Å². The Labute approximate surface area is 121 Å². The summed E-state index contributed by atoms with van der Waals surface area (Å²) >= 11 is 0. The second-order valence-corrected chi connectivity index (χ2v) is 5.19. The largest absolute Gasteiger partial charge is 0.378 e. The summed E-state index contributed by atoms with van der Waals surface area (Å²) in [5.41, 5.74) is 3.69. The molecule has 1 aromatic heterocycles. The summed E-state index contributed by atoms with van der Waals surface area (Å²) in [6, 6.07) is 10.9. The van der Waals surface area contributed by atoms with Gasteiger partial charge in [0.05, 0.1) is 11.7 Å². The lowest BCUT2D eigenvalue weighted by molar-refractivity contribution is 0.534. The number of nitrogens with zero attached hydrogens (tertiary/aromatic N) is 3. The van der Waals surface area contributed by atoms with Crippen molar-refractivity contribution >= 4 is 5.69 Å². The van der Waals surface area contributed by atoms with Gasteiger partial charge in [0.25, 0.3) is 0 Å². The van der Waals surface area contributed by atoms with Crippen molar-refractivity contribution in [2.24, 2.45) is 0 Å². The number of rotatable bonds is 6. The Morgan fingerprint density at radius 1 is 1.20 bits per heavy atom. The van der Waals surface area contributed by atoms with Crippen LogP contribution in [0.4, 0.5) is 5.69 Å². The van der Waals surface area contributed by atoms with Crippen LogP contribution in [-0.2, 0) is 6.54 Å². The normalized spacial score (nSPS) is 12.4. The van der Waals surface area contributed by atoms with E-state index in [0.29, 0.717) is 0 Å². The van der Waals surface area contributed by atoms with E-state index in [0.717, 1.165) is 13.0 Å². The zero-order valence-corrected chi connectivity index (χ0v) is 12.8. The molecule has 0 spiro atoms. The van der Waals surface area contributed by atoms with Crippen molar-refractivity contribution < 1.29 is 0 Å². The molecule has 20 heavy (non-hydrogen) atoms. The molecule has 2 rings (SSSR count). The number of hydrogen-bond acceptors (Lipinski definition) is 3. The Bertz CT molecular complexity index is 528. The lowest BCUT2D eigenvalue weighted by Gasteiger charge is -2.20. The Morgan fingerprint density at radius 2 is 1.90 bits per heavy atom. The Balaban J connectivity index is 2.29. The van der Waals surface area contributed by atoms with Gasteiger partial charge >= 0.3 is 0 Å². The summed E-state index contributed by atoms with van der Waals surface area (Å²) in [6.07, 6.45) is 2.97. The highest BCUT2D eigenvalue weighted by molar-refractivity contribution is 5.47. The molecule has 0 aliphatic carbocycles. The summed E-state index contributed by atoms with van der Waals surface area (Å²) < 4.78 is 2.08. The maximum atomic E-state index is 4.41. The van der Waals surface area contributed by atoms with Crippen molar-refractivity contribution in [3.8, 4) is 0 Å². The Hall–Kier alpha value is -1.81. The second kappa shape index (κ2) is 6.57. The quantitative estimate of drug-likeness (QED) is 0.877. The summed E-state index contributed by atoms with van der Waals surface area (Å²) in [7, 11) is 6.11. The van der Waals surface area contributed by atoms with Crippen LogP contribution in [0.15, 0.2) is 36.5 Å².